The van der Waals surface area contributed by atoms with Crippen molar-refractivity contribution in [2.24, 2.45) is 0 Å². The molecule has 1 N–H and O–H groups in total. The van der Waals surface area contributed by atoms with Gasteiger partial charge in [0.25, 0.3) is 0 Å². The maximum atomic E-state index is 13.5. The molecule has 0 saturated heterocycles. The number of ether oxygens (including phenoxy) is 1. The van der Waals surface area contributed by atoms with Crippen molar-refractivity contribution in [1.29, 1.82) is 0 Å². The largest absolute Gasteiger partial charge is 0.468 e. The lowest BCUT2D eigenvalue weighted by atomic mass is 10.1. The molecular formula is C12H16FNO2. The molecule has 0 amide bonds. The van der Waals surface area contributed by atoms with Gasteiger partial charge in [0.15, 0.2) is 0 Å². The Kier molecular flexibility index (Phi) is 4.43. The minimum absolute atomic E-state index is 0.0590. The fourth-order valence-corrected chi connectivity index (χ4v) is 1.45. The number of carbonyl (C=O) groups excluding carboxylic acids is 1. The molecule has 0 bridgehead atoms. The van der Waals surface area contributed by atoms with Crippen LogP contribution in [0.1, 0.15) is 25.5 Å². The van der Waals surface area contributed by atoms with Gasteiger partial charge in [-0.1, -0.05) is 18.2 Å². The first-order valence-electron chi connectivity index (χ1n) is 5.14. The van der Waals surface area contributed by atoms with E-state index < -0.39 is 17.8 Å². The summed E-state index contributed by atoms with van der Waals surface area (Å²) in [7, 11) is 1.29. The Hall–Kier alpha value is -1.42. The number of benzene rings is 1. The van der Waals surface area contributed by atoms with Gasteiger partial charge in [0.2, 0.25) is 0 Å². The van der Waals surface area contributed by atoms with Crippen molar-refractivity contribution in [3.05, 3.63) is 35.6 Å². The van der Waals surface area contributed by atoms with E-state index >= 15 is 0 Å². The molecule has 0 heterocycles. The zero-order valence-electron chi connectivity index (χ0n) is 9.66. The van der Waals surface area contributed by atoms with Gasteiger partial charge in [0.1, 0.15) is 11.9 Å². The first-order valence-corrected chi connectivity index (χ1v) is 5.14. The van der Waals surface area contributed by atoms with E-state index in [0.29, 0.717) is 5.56 Å². The molecule has 1 aromatic carbocycles. The molecule has 0 aliphatic heterocycles. The SMILES string of the molecule is COC(=O)C(NC(C)C)c1ccccc1F. The molecule has 16 heavy (non-hydrogen) atoms. The highest BCUT2D eigenvalue weighted by molar-refractivity contribution is 5.77. The van der Waals surface area contributed by atoms with E-state index in [1.165, 1.54) is 13.2 Å². The third kappa shape index (κ3) is 3.03. The molecule has 1 atom stereocenters. The first-order chi connectivity index (χ1) is 7.56. The molecule has 0 saturated carbocycles. The molecule has 0 aromatic heterocycles. The van der Waals surface area contributed by atoms with Crippen molar-refractivity contribution >= 4 is 5.97 Å². The maximum Gasteiger partial charge on any atom is 0.327 e. The summed E-state index contributed by atoms with van der Waals surface area (Å²) in [4.78, 5) is 11.5. The number of esters is 1. The van der Waals surface area contributed by atoms with Gasteiger partial charge in [0.05, 0.1) is 7.11 Å². The fraction of sp³-hybridized carbons (Fsp3) is 0.417. The van der Waals surface area contributed by atoms with Gasteiger partial charge in [-0.15, -0.1) is 0 Å². The Morgan fingerprint density at radius 3 is 2.50 bits per heavy atom. The van der Waals surface area contributed by atoms with E-state index in [2.05, 4.69) is 10.1 Å². The highest BCUT2D eigenvalue weighted by Gasteiger charge is 2.24. The molecule has 3 nitrogen and oxygen atoms in total. The number of halogens is 1. The van der Waals surface area contributed by atoms with Crippen LogP contribution in [0, 0.1) is 5.82 Å². The lowest BCUT2D eigenvalue weighted by Gasteiger charge is -2.19. The van der Waals surface area contributed by atoms with Crippen LogP contribution in [0.3, 0.4) is 0 Å². The van der Waals surface area contributed by atoms with Crippen molar-refractivity contribution < 1.29 is 13.9 Å². The summed E-state index contributed by atoms with van der Waals surface area (Å²) in [5.41, 5.74) is 0.308. The van der Waals surface area contributed by atoms with Crippen LogP contribution in [-0.4, -0.2) is 19.1 Å². The summed E-state index contributed by atoms with van der Waals surface area (Å²) in [6.45, 7) is 3.77. The molecule has 1 unspecified atom stereocenters. The lowest BCUT2D eigenvalue weighted by Crippen LogP contribution is -2.35. The third-order valence-corrected chi connectivity index (χ3v) is 2.15. The standard InChI is InChI=1S/C12H16FNO2/c1-8(2)14-11(12(15)16-3)9-6-4-5-7-10(9)13/h4-8,11,14H,1-3H3. The Morgan fingerprint density at radius 1 is 1.38 bits per heavy atom. The average Bonchev–Trinajstić information content (AvgIpc) is 2.26. The lowest BCUT2D eigenvalue weighted by molar-refractivity contribution is -0.143. The second kappa shape index (κ2) is 5.61. The number of rotatable bonds is 4. The Bertz CT molecular complexity index is 366. The van der Waals surface area contributed by atoms with Gasteiger partial charge < -0.3 is 4.74 Å². The second-order valence-corrected chi connectivity index (χ2v) is 3.80. The number of carbonyl (C=O) groups is 1. The first kappa shape index (κ1) is 12.6. The van der Waals surface area contributed by atoms with Crippen molar-refractivity contribution in [3.63, 3.8) is 0 Å². The van der Waals surface area contributed by atoms with Crippen LogP contribution in [0.4, 0.5) is 4.39 Å². The molecule has 0 aliphatic carbocycles. The Balaban J connectivity index is 3.01. The minimum atomic E-state index is -0.758. The second-order valence-electron chi connectivity index (χ2n) is 3.80. The summed E-state index contributed by atoms with van der Waals surface area (Å²) in [6, 6.07) is 5.48. The van der Waals surface area contributed by atoms with E-state index in [1.807, 2.05) is 13.8 Å². The Labute approximate surface area is 94.6 Å². The van der Waals surface area contributed by atoms with Gasteiger partial charge >= 0.3 is 5.97 Å². The van der Waals surface area contributed by atoms with Crippen LogP contribution in [-0.2, 0) is 9.53 Å². The molecule has 88 valence electrons. The van der Waals surface area contributed by atoms with Crippen LogP contribution < -0.4 is 5.32 Å². The molecule has 0 aliphatic rings. The topological polar surface area (TPSA) is 38.3 Å². The predicted octanol–water partition coefficient (Wildman–Crippen LogP) is 2.04. The van der Waals surface area contributed by atoms with Crippen LogP contribution in [0.2, 0.25) is 0 Å². The number of nitrogens with one attached hydrogen (secondary N) is 1. The summed E-state index contributed by atoms with van der Waals surface area (Å²) in [5, 5.41) is 2.97. The van der Waals surface area contributed by atoms with E-state index in [0.717, 1.165) is 0 Å². The van der Waals surface area contributed by atoms with Crippen molar-refractivity contribution in [2.75, 3.05) is 7.11 Å². The molecule has 0 fully saturated rings. The van der Waals surface area contributed by atoms with Crippen LogP contribution >= 0.6 is 0 Å². The third-order valence-electron chi connectivity index (χ3n) is 2.15. The van der Waals surface area contributed by atoms with Crippen LogP contribution in [0.25, 0.3) is 0 Å². The maximum absolute atomic E-state index is 13.5. The zero-order chi connectivity index (χ0) is 12.1. The van der Waals surface area contributed by atoms with Crippen LogP contribution in [0.5, 0.6) is 0 Å². The minimum Gasteiger partial charge on any atom is -0.468 e. The van der Waals surface area contributed by atoms with Gasteiger partial charge in [-0.25, -0.2) is 9.18 Å². The van der Waals surface area contributed by atoms with Crippen LogP contribution in [0.15, 0.2) is 24.3 Å². The highest BCUT2D eigenvalue weighted by atomic mass is 19.1. The van der Waals surface area contributed by atoms with Gasteiger partial charge in [-0.05, 0) is 19.9 Å². The fourth-order valence-electron chi connectivity index (χ4n) is 1.45. The molecule has 0 spiro atoms. The van der Waals surface area contributed by atoms with E-state index in [1.54, 1.807) is 18.2 Å². The summed E-state index contributed by atoms with van der Waals surface area (Å²) in [6.07, 6.45) is 0. The number of hydrogen-bond acceptors (Lipinski definition) is 3. The Morgan fingerprint density at radius 2 is 2.00 bits per heavy atom. The average molecular weight is 225 g/mol. The highest BCUT2D eigenvalue weighted by Crippen LogP contribution is 2.18. The monoisotopic (exact) mass is 225 g/mol. The zero-order valence-corrected chi connectivity index (χ0v) is 9.66. The number of hydrogen-bond donors (Lipinski definition) is 1. The smallest absolute Gasteiger partial charge is 0.327 e. The molecule has 0 radical (unpaired) electrons. The molecule has 4 heteroatoms. The van der Waals surface area contributed by atoms with Crippen molar-refractivity contribution in [3.8, 4) is 0 Å². The molecule has 1 aromatic rings. The quantitative estimate of drug-likeness (QED) is 0.797. The van der Waals surface area contributed by atoms with Gasteiger partial charge in [0, 0.05) is 11.6 Å². The molecular weight excluding hydrogens is 209 g/mol. The van der Waals surface area contributed by atoms with Crippen molar-refractivity contribution in [2.45, 2.75) is 25.9 Å². The number of methoxy groups -OCH3 is 1. The molecule has 1 rings (SSSR count). The van der Waals surface area contributed by atoms with E-state index in [-0.39, 0.29) is 6.04 Å². The van der Waals surface area contributed by atoms with E-state index in [4.69, 9.17) is 0 Å². The predicted molar refractivity (Wildman–Crippen MR) is 59.4 cm³/mol. The van der Waals surface area contributed by atoms with Gasteiger partial charge in [-0.2, -0.15) is 0 Å². The van der Waals surface area contributed by atoms with Gasteiger partial charge in [-0.3, -0.25) is 5.32 Å². The van der Waals surface area contributed by atoms with E-state index in [9.17, 15) is 9.18 Å². The summed E-state index contributed by atoms with van der Waals surface area (Å²) in [5.74, 6) is -0.898. The normalized spacial score (nSPS) is 12.6. The summed E-state index contributed by atoms with van der Waals surface area (Å²) >= 11 is 0. The summed E-state index contributed by atoms with van der Waals surface area (Å²) < 4.78 is 18.2. The van der Waals surface area contributed by atoms with Crippen molar-refractivity contribution in [1.82, 2.24) is 5.32 Å².